The lowest BCUT2D eigenvalue weighted by Crippen LogP contribution is -2.32. The van der Waals surface area contributed by atoms with Crippen LogP contribution in [0.2, 0.25) is 0 Å². The molecular formula is C12H20N2O3S. The van der Waals surface area contributed by atoms with Crippen molar-refractivity contribution in [2.75, 3.05) is 12.3 Å². The molecule has 5 nitrogen and oxygen atoms in total. The molecule has 0 aliphatic heterocycles. The number of anilines is 1. The highest BCUT2D eigenvalue weighted by molar-refractivity contribution is 7.89. The summed E-state index contributed by atoms with van der Waals surface area (Å²) >= 11 is 0. The number of nitrogens with two attached hydrogens (primary N) is 1. The van der Waals surface area contributed by atoms with Crippen LogP contribution in [0.15, 0.2) is 23.1 Å². The average molecular weight is 272 g/mol. The molecule has 0 spiro atoms. The molecule has 1 aromatic carbocycles. The van der Waals surface area contributed by atoms with E-state index in [1.807, 2.05) is 6.92 Å². The first-order valence-corrected chi connectivity index (χ1v) is 7.39. The van der Waals surface area contributed by atoms with Crippen LogP contribution in [0.4, 0.5) is 5.69 Å². The van der Waals surface area contributed by atoms with Crippen LogP contribution in [0.5, 0.6) is 0 Å². The van der Waals surface area contributed by atoms with Crippen molar-refractivity contribution in [3.05, 3.63) is 23.8 Å². The number of aliphatic hydroxyl groups is 1. The molecule has 0 saturated heterocycles. The molecular weight excluding hydrogens is 252 g/mol. The number of hydrogen-bond donors (Lipinski definition) is 3. The molecule has 0 aliphatic carbocycles. The molecule has 0 heterocycles. The zero-order chi connectivity index (χ0) is 13.8. The number of nitrogen functional groups attached to an aromatic ring is 1. The zero-order valence-corrected chi connectivity index (χ0v) is 11.5. The van der Waals surface area contributed by atoms with Crippen LogP contribution in [0.25, 0.3) is 0 Å². The molecule has 1 atom stereocenters. The van der Waals surface area contributed by atoms with Gasteiger partial charge in [-0.05, 0) is 31.0 Å². The second-order valence-electron chi connectivity index (χ2n) is 4.26. The molecule has 18 heavy (non-hydrogen) atoms. The lowest BCUT2D eigenvalue weighted by atomic mass is 10.2. The maximum absolute atomic E-state index is 12.0. The molecule has 1 rings (SSSR count). The summed E-state index contributed by atoms with van der Waals surface area (Å²) < 4.78 is 26.5. The van der Waals surface area contributed by atoms with Gasteiger partial charge in [-0.25, -0.2) is 13.1 Å². The highest BCUT2D eigenvalue weighted by Crippen LogP contribution is 2.20. The molecule has 1 aromatic rings. The summed E-state index contributed by atoms with van der Waals surface area (Å²) in [5.74, 6) is 0. The van der Waals surface area contributed by atoms with Crippen LogP contribution in [0.3, 0.4) is 0 Å². The Morgan fingerprint density at radius 1 is 1.44 bits per heavy atom. The van der Waals surface area contributed by atoms with Gasteiger partial charge in [-0.1, -0.05) is 19.4 Å². The third-order valence-corrected chi connectivity index (χ3v) is 4.31. The molecule has 102 valence electrons. The van der Waals surface area contributed by atoms with Crippen molar-refractivity contribution in [2.45, 2.75) is 37.7 Å². The third kappa shape index (κ3) is 3.69. The fourth-order valence-electron chi connectivity index (χ4n) is 1.64. The van der Waals surface area contributed by atoms with E-state index in [1.165, 1.54) is 6.07 Å². The Morgan fingerprint density at radius 3 is 2.72 bits per heavy atom. The fourth-order valence-corrected chi connectivity index (χ4v) is 2.99. The smallest absolute Gasteiger partial charge is 0.240 e. The SMILES string of the molecule is CCCC(O)CNS(=O)(=O)c1cccc(N)c1C. The van der Waals surface area contributed by atoms with Crippen LogP contribution in [0, 0.1) is 6.92 Å². The topological polar surface area (TPSA) is 92.4 Å². The predicted molar refractivity (Wildman–Crippen MR) is 71.7 cm³/mol. The molecule has 0 aliphatic rings. The van der Waals surface area contributed by atoms with Crippen molar-refractivity contribution in [2.24, 2.45) is 0 Å². The van der Waals surface area contributed by atoms with Crippen LogP contribution >= 0.6 is 0 Å². The highest BCUT2D eigenvalue weighted by atomic mass is 32.2. The van der Waals surface area contributed by atoms with Crippen LogP contribution < -0.4 is 10.5 Å². The van der Waals surface area contributed by atoms with Gasteiger partial charge in [0.1, 0.15) is 0 Å². The second kappa shape index (κ2) is 6.17. The molecule has 0 radical (unpaired) electrons. The summed E-state index contributed by atoms with van der Waals surface area (Å²) in [5.41, 5.74) is 6.64. The Hall–Kier alpha value is -1.11. The van der Waals surface area contributed by atoms with Crippen molar-refractivity contribution in [3.63, 3.8) is 0 Å². The summed E-state index contributed by atoms with van der Waals surface area (Å²) in [4.78, 5) is 0.159. The number of nitrogens with one attached hydrogen (secondary N) is 1. The third-order valence-electron chi connectivity index (χ3n) is 2.75. The number of aliphatic hydroxyl groups excluding tert-OH is 1. The Morgan fingerprint density at radius 2 is 2.11 bits per heavy atom. The Kier molecular flexibility index (Phi) is 5.13. The largest absolute Gasteiger partial charge is 0.398 e. The Labute approximate surface area is 108 Å². The zero-order valence-electron chi connectivity index (χ0n) is 10.7. The summed E-state index contributed by atoms with van der Waals surface area (Å²) in [6.07, 6.45) is 0.713. The molecule has 4 N–H and O–H groups in total. The Bertz CT molecular complexity index is 500. The van der Waals surface area contributed by atoms with E-state index in [4.69, 9.17) is 5.73 Å². The summed E-state index contributed by atoms with van der Waals surface area (Å²) in [5, 5.41) is 9.53. The van der Waals surface area contributed by atoms with E-state index >= 15 is 0 Å². The normalized spacial score (nSPS) is 13.5. The molecule has 6 heteroatoms. The fraction of sp³-hybridized carbons (Fsp3) is 0.500. The van der Waals surface area contributed by atoms with Gasteiger partial charge in [-0.2, -0.15) is 0 Å². The van der Waals surface area contributed by atoms with Gasteiger partial charge in [0.05, 0.1) is 11.0 Å². The van der Waals surface area contributed by atoms with E-state index < -0.39 is 16.1 Å². The van der Waals surface area contributed by atoms with Gasteiger partial charge in [0.2, 0.25) is 10.0 Å². The van der Waals surface area contributed by atoms with Crippen molar-refractivity contribution in [1.82, 2.24) is 4.72 Å². The van der Waals surface area contributed by atoms with Gasteiger partial charge in [-0.3, -0.25) is 0 Å². The van der Waals surface area contributed by atoms with E-state index in [0.29, 0.717) is 17.7 Å². The van der Waals surface area contributed by atoms with Crippen molar-refractivity contribution in [3.8, 4) is 0 Å². The first kappa shape index (κ1) is 14.9. The average Bonchev–Trinajstić information content (AvgIpc) is 2.30. The van der Waals surface area contributed by atoms with Gasteiger partial charge in [-0.15, -0.1) is 0 Å². The second-order valence-corrected chi connectivity index (χ2v) is 6.00. The summed E-state index contributed by atoms with van der Waals surface area (Å²) in [6.45, 7) is 3.61. The van der Waals surface area contributed by atoms with Crippen molar-refractivity contribution < 1.29 is 13.5 Å². The molecule has 0 fully saturated rings. The van der Waals surface area contributed by atoms with Gasteiger partial charge < -0.3 is 10.8 Å². The minimum absolute atomic E-state index is 0.0183. The first-order valence-electron chi connectivity index (χ1n) is 5.91. The van der Waals surface area contributed by atoms with Gasteiger partial charge in [0, 0.05) is 12.2 Å². The van der Waals surface area contributed by atoms with E-state index in [-0.39, 0.29) is 11.4 Å². The highest BCUT2D eigenvalue weighted by Gasteiger charge is 2.18. The maximum Gasteiger partial charge on any atom is 0.240 e. The van der Waals surface area contributed by atoms with Crippen molar-refractivity contribution >= 4 is 15.7 Å². The molecule has 1 unspecified atom stereocenters. The number of rotatable bonds is 6. The summed E-state index contributed by atoms with van der Waals surface area (Å²) in [6, 6.07) is 4.75. The molecule has 0 amide bonds. The number of hydrogen-bond acceptors (Lipinski definition) is 4. The summed E-state index contributed by atoms with van der Waals surface area (Å²) in [7, 11) is -3.62. The van der Waals surface area contributed by atoms with Crippen LogP contribution in [-0.2, 0) is 10.0 Å². The molecule has 0 aromatic heterocycles. The minimum Gasteiger partial charge on any atom is -0.398 e. The van der Waals surface area contributed by atoms with Gasteiger partial charge >= 0.3 is 0 Å². The number of benzene rings is 1. The lowest BCUT2D eigenvalue weighted by molar-refractivity contribution is 0.167. The van der Waals surface area contributed by atoms with Gasteiger partial charge in [0.25, 0.3) is 0 Å². The first-order chi connectivity index (χ1) is 8.38. The number of sulfonamides is 1. The Balaban J connectivity index is 2.84. The standard InChI is InChI=1S/C12H20N2O3S/c1-3-5-10(15)8-14-18(16,17)12-7-4-6-11(13)9(12)2/h4,6-7,10,14-15H,3,5,8,13H2,1-2H3. The van der Waals surface area contributed by atoms with Crippen LogP contribution in [-0.4, -0.2) is 26.2 Å². The van der Waals surface area contributed by atoms with Gasteiger partial charge in [0.15, 0.2) is 0 Å². The van der Waals surface area contributed by atoms with E-state index in [0.717, 1.165) is 6.42 Å². The van der Waals surface area contributed by atoms with Crippen LogP contribution in [0.1, 0.15) is 25.3 Å². The van der Waals surface area contributed by atoms with E-state index in [9.17, 15) is 13.5 Å². The predicted octanol–water partition coefficient (Wildman–Crippen LogP) is 1.02. The molecule has 0 saturated carbocycles. The quantitative estimate of drug-likeness (QED) is 0.674. The monoisotopic (exact) mass is 272 g/mol. The molecule has 0 bridgehead atoms. The van der Waals surface area contributed by atoms with E-state index in [1.54, 1.807) is 19.1 Å². The maximum atomic E-state index is 12.0. The minimum atomic E-state index is -3.62. The van der Waals surface area contributed by atoms with E-state index in [2.05, 4.69) is 4.72 Å². The van der Waals surface area contributed by atoms with Crippen molar-refractivity contribution in [1.29, 1.82) is 0 Å². The lowest BCUT2D eigenvalue weighted by Gasteiger charge is -2.13.